The van der Waals surface area contributed by atoms with Gasteiger partial charge < -0.3 is 15.4 Å². The number of nitrogens with zero attached hydrogens (tertiary/aromatic N) is 2. The van der Waals surface area contributed by atoms with E-state index in [0.717, 1.165) is 33.9 Å². The molecule has 0 spiro atoms. The molecule has 2 heterocycles. The summed E-state index contributed by atoms with van der Waals surface area (Å²) in [6.45, 7) is 0.498. The first-order valence-electron chi connectivity index (χ1n) is 8.94. The van der Waals surface area contributed by atoms with E-state index in [1.54, 1.807) is 37.7 Å². The van der Waals surface area contributed by atoms with Crippen molar-refractivity contribution in [2.45, 2.75) is 11.4 Å². The lowest BCUT2D eigenvalue weighted by molar-refractivity contribution is 0.415. The maximum Gasteiger partial charge on any atom is 0.175 e. The average Bonchev–Trinajstić information content (AvgIpc) is 2.73. The predicted octanol–water partition coefficient (Wildman–Crippen LogP) is 3.86. The third kappa shape index (κ3) is 4.07. The van der Waals surface area contributed by atoms with Crippen molar-refractivity contribution in [2.75, 3.05) is 24.0 Å². The standard InChI is InChI=1S/C21H20N4O3S/c1-28-16-5-3-4-14(10-16)19-11-20-18(12-22-13-23-20)21(25-19)24-15-6-8-17(9-7-15)29(2,26)27/h3-11,13H,12H2,1-2H3,(H,22,23)(H,24,25). The highest BCUT2D eigenvalue weighted by atomic mass is 32.2. The molecule has 29 heavy (non-hydrogen) atoms. The van der Waals surface area contributed by atoms with Gasteiger partial charge in [0.05, 0.1) is 36.3 Å². The fourth-order valence-electron chi connectivity index (χ4n) is 3.07. The summed E-state index contributed by atoms with van der Waals surface area (Å²) in [5.74, 6) is 1.42. The molecule has 8 heteroatoms. The van der Waals surface area contributed by atoms with Gasteiger partial charge in [0, 0.05) is 23.1 Å². The van der Waals surface area contributed by atoms with Crippen LogP contribution in [0.2, 0.25) is 0 Å². The molecule has 0 aliphatic carbocycles. The normalized spacial score (nSPS) is 12.8. The molecule has 2 N–H and O–H groups in total. The summed E-state index contributed by atoms with van der Waals surface area (Å²) in [6.07, 6.45) is 2.86. The zero-order valence-corrected chi connectivity index (χ0v) is 16.8. The van der Waals surface area contributed by atoms with Gasteiger partial charge in [-0.05, 0) is 42.5 Å². The van der Waals surface area contributed by atoms with E-state index in [2.05, 4.69) is 15.6 Å². The smallest absolute Gasteiger partial charge is 0.175 e. The fraction of sp³-hybridized carbons (Fsp3) is 0.143. The Morgan fingerprint density at radius 3 is 2.62 bits per heavy atom. The molecule has 0 atom stereocenters. The minimum absolute atomic E-state index is 0.273. The molecular formula is C21H20N4O3S. The van der Waals surface area contributed by atoms with Gasteiger partial charge in [0.2, 0.25) is 0 Å². The lowest BCUT2D eigenvalue weighted by Crippen LogP contribution is -2.10. The molecule has 0 fully saturated rings. The molecule has 1 aliphatic rings. The van der Waals surface area contributed by atoms with Crippen molar-refractivity contribution >= 4 is 33.4 Å². The van der Waals surface area contributed by atoms with Gasteiger partial charge in [-0.2, -0.15) is 0 Å². The van der Waals surface area contributed by atoms with E-state index in [-0.39, 0.29) is 4.90 Å². The molecule has 0 unspecified atom stereocenters. The summed E-state index contributed by atoms with van der Waals surface area (Å²) in [7, 11) is -1.61. The number of methoxy groups -OCH3 is 1. The summed E-state index contributed by atoms with van der Waals surface area (Å²) in [5.41, 5.74) is 4.30. The first kappa shape index (κ1) is 18.9. The number of benzene rings is 2. The van der Waals surface area contributed by atoms with E-state index < -0.39 is 9.84 Å². The number of sulfone groups is 1. The number of hydrogen-bond donors (Lipinski definition) is 2. The van der Waals surface area contributed by atoms with E-state index >= 15 is 0 Å². The van der Waals surface area contributed by atoms with Gasteiger partial charge in [-0.3, -0.25) is 4.99 Å². The number of aromatic nitrogens is 1. The van der Waals surface area contributed by atoms with Crippen LogP contribution in [0.15, 0.2) is 64.5 Å². The van der Waals surface area contributed by atoms with Crippen molar-refractivity contribution in [1.29, 1.82) is 0 Å². The van der Waals surface area contributed by atoms with Gasteiger partial charge in [-0.25, -0.2) is 13.4 Å². The Balaban J connectivity index is 1.74. The van der Waals surface area contributed by atoms with Gasteiger partial charge in [0.25, 0.3) is 0 Å². The van der Waals surface area contributed by atoms with Crippen LogP contribution in [0.4, 0.5) is 17.2 Å². The van der Waals surface area contributed by atoms with Crippen molar-refractivity contribution in [3.05, 3.63) is 60.2 Å². The summed E-state index contributed by atoms with van der Waals surface area (Å²) in [5, 5.41) is 6.47. The zero-order chi connectivity index (χ0) is 20.4. The number of ether oxygens (including phenoxy) is 1. The highest BCUT2D eigenvalue weighted by Gasteiger charge is 2.16. The van der Waals surface area contributed by atoms with Crippen LogP contribution in [-0.4, -0.2) is 33.1 Å². The molecule has 1 aliphatic heterocycles. The summed E-state index contributed by atoms with van der Waals surface area (Å²) >= 11 is 0. The van der Waals surface area contributed by atoms with Crippen LogP contribution in [0.1, 0.15) is 5.56 Å². The number of fused-ring (bicyclic) bond motifs is 1. The fourth-order valence-corrected chi connectivity index (χ4v) is 3.70. The minimum Gasteiger partial charge on any atom is -0.497 e. The van der Waals surface area contributed by atoms with Crippen LogP contribution in [-0.2, 0) is 16.4 Å². The highest BCUT2D eigenvalue weighted by Crippen LogP contribution is 2.33. The average molecular weight is 408 g/mol. The van der Waals surface area contributed by atoms with Crippen molar-refractivity contribution in [1.82, 2.24) is 4.98 Å². The summed E-state index contributed by atoms with van der Waals surface area (Å²) in [4.78, 5) is 9.35. The van der Waals surface area contributed by atoms with E-state index in [4.69, 9.17) is 9.72 Å². The van der Waals surface area contributed by atoms with Crippen molar-refractivity contribution in [3.63, 3.8) is 0 Å². The molecule has 7 nitrogen and oxygen atoms in total. The second-order valence-corrected chi connectivity index (χ2v) is 8.67. The van der Waals surface area contributed by atoms with Crippen molar-refractivity contribution in [2.24, 2.45) is 4.99 Å². The maximum atomic E-state index is 11.7. The second-order valence-electron chi connectivity index (χ2n) is 6.65. The van der Waals surface area contributed by atoms with Crippen molar-refractivity contribution in [3.8, 4) is 17.0 Å². The van der Waals surface area contributed by atoms with E-state index in [1.807, 2.05) is 30.3 Å². The molecule has 0 saturated carbocycles. The number of rotatable bonds is 5. The largest absolute Gasteiger partial charge is 0.497 e. The van der Waals surface area contributed by atoms with Gasteiger partial charge in [0.15, 0.2) is 9.84 Å². The quantitative estimate of drug-likeness (QED) is 0.666. The van der Waals surface area contributed by atoms with E-state index in [9.17, 15) is 8.42 Å². The van der Waals surface area contributed by atoms with Gasteiger partial charge in [0.1, 0.15) is 11.6 Å². The first-order chi connectivity index (χ1) is 13.9. The van der Waals surface area contributed by atoms with Gasteiger partial charge >= 0.3 is 0 Å². The maximum absolute atomic E-state index is 11.7. The van der Waals surface area contributed by atoms with Crippen LogP contribution in [0, 0.1) is 0 Å². The Kier molecular flexibility index (Phi) is 4.94. The number of nitrogens with one attached hydrogen (secondary N) is 2. The molecule has 148 valence electrons. The SMILES string of the molecule is COc1cccc(-c2cc3c(c(Nc4ccc(S(C)(=O)=O)cc4)n2)CN=CN3)c1. The van der Waals surface area contributed by atoms with Gasteiger partial charge in [-0.1, -0.05) is 12.1 Å². The third-order valence-corrected chi connectivity index (χ3v) is 5.72. The minimum atomic E-state index is -3.24. The van der Waals surface area contributed by atoms with Crippen LogP contribution in [0.3, 0.4) is 0 Å². The monoisotopic (exact) mass is 408 g/mol. The number of pyridine rings is 1. The van der Waals surface area contributed by atoms with E-state index in [1.165, 1.54) is 6.26 Å². The lowest BCUT2D eigenvalue weighted by Gasteiger charge is -2.19. The number of anilines is 3. The molecule has 0 amide bonds. The Morgan fingerprint density at radius 2 is 1.90 bits per heavy atom. The zero-order valence-electron chi connectivity index (χ0n) is 16.0. The molecular weight excluding hydrogens is 388 g/mol. The number of hydrogen-bond acceptors (Lipinski definition) is 7. The molecule has 4 rings (SSSR count). The Morgan fingerprint density at radius 1 is 1.10 bits per heavy atom. The van der Waals surface area contributed by atoms with Crippen LogP contribution < -0.4 is 15.4 Å². The second kappa shape index (κ2) is 7.56. The Bertz CT molecular complexity index is 1190. The molecule has 0 bridgehead atoms. The molecule has 0 saturated heterocycles. The molecule has 1 aromatic heterocycles. The van der Waals surface area contributed by atoms with Gasteiger partial charge in [-0.15, -0.1) is 0 Å². The third-order valence-electron chi connectivity index (χ3n) is 4.60. The molecule has 0 radical (unpaired) electrons. The first-order valence-corrected chi connectivity index (χ1v) is 10.8. The van der Waals surface area contributed by atoms with Crippen molar-refractivity contribution < 1.29 is 13.2 Å². The molecule has 2 aromatic carbocycles. The topological polar surface area (TPSA) is 92.7 Å². The van der Waals surface area contributed by atoms with Crippen LogP contribution in [0.5, 0.6) is 5.75 Å². The Hall–Kier alpha value is -3.39. The highest BCUT2D eigenvalue weighted by molar-refractivity contribution is 7.90. The Labute approximate surface area is 169 Å². The lowest BCUT2D eigenvalue weighted by atomic mass is 10.1. The summed E-state index contributed by atoms with van der Waals surface area (Å²) < 4.78 is 28.7. The van der Waals surface area contributed by atoms with Crippen LogP contribution >= 0.6 is 0 Å². The van der Waals surface area contributed by atoms with Crippen LogP contribution in [0.25, 0.3) is 11.3 Å². The molecule has 3 aromatic rings. The summed E-state index contributed by atoms with van der Waals surface area (Å²) in [6, 6.07) is 16.3. The van der Waals surface area contributed by atoms with E-state index in [0.29, 0.717) is 12.4 Å². The predicted molar refractivity (Wildman–Crippen MR) is 115 cm³/mol. The number of aliphatic imine (C=N–C) groups is 1.